The summed E-state index contributed by atoms with van der Waals surface area (Å²) in [7, 11) is -3.37. The number of nitrogens with zero attached hydrogens (tertiary/aromatic N) is 5. The maximum absolute atomic E-state index is 15.8. The number of alkyl halides is 2. The molecule has 4 aliphatic heterocycles. The molecule has 4 aliphatic rings. The van der Waals surface area contributed by atoms with Gasteiger partial charge in [0.1, 0.15) is 30.2 Å². The highest BCUT2D eigenvalue weighted by Gasteiger charge is 2.55. The molecule has 6 atom stereocenters. The van der Waals surface area contributed by atoms with Crippen LogP contribution in [-0.4, -0.2) is 152 Å². The third-order valence-corrected chi connectivity index (χ3v) is 20.4. The van der Waals surface area contributed by atoms with Gasteiger partial charge in [-0.15, -0.1) is 11.3 Å². The van der Waals surface area contributed by atoms with E-state index in [4.69, 9.17) is 14.8 Å². The molecule has 5 aromatic rings. The standard InChI is InChI=1S/C60H71F4N10O14PS/c1-4-87-89(86,88-5-2)60(63,64)37-11-18-48-36(30-37)31-49(90-48)55(80)68-43-32-72(59(84)85)26-23-38-12-16-45(73(38)57(43)82)53(78)66-41(14-19-50(65)75)52(77)67-42(28-35-9-13-39(61)40(62)27-35)56(81)71-24-21-33(22-25-71)7-6-8-34-10-15-44-47(29-34)70(3)58(83)74(44)46-17-20-51(76)69-54(46)79/h9-11,13,15,18,27,29-31,33,38,41-43,45-46H,4-8,12,14,16-17,19-26,28,32H2,1-3H3,(H2,65,75)(H,66,78)(H,67,77)(H,68,80)(H,84,85)(H,69,76,79)/t38-,41?,42?,43+,45+,46?/m1/s1. The van der Waals surface area contributed by atoms with Crippen LogP contribution in [0.15, 0.2) is 65.5 Å². The summed E-state index contributed by atoms with van der Waals surface area (Å²) in [5.74, 6) is -8.02. The zero-order valence-corrected chi connectivity index (χ0v) is 51.4. The SMILES string of the molecule is CCOP(=O)(OCC)C(F)(F)c1ccc2sc(C(=O)N[C@H]3CN(C(=O)O)CC[C@H]4CC[C@@H](C(=O)NC(CCC(N)=O)C(=O)NC(Cc5ccc(F)c(F)c5)C(=O)N5CCC(CCCc6ccc7c(c6)n(C)c(=O)n7C6CCC(=O)NC6=O)CC5)N4C3=O)cc2c1. The lowest BCUT2D eigenvalue weighted by atomic mass is 9.90. The van der Waals surface area contributed by atoms with E-state index < -0.39 is 127 Å². The minimum atomic E-state index is -5.00. The Labute approximate surface area is 517 Å². The van der Waals surface area contributed by atoms with Gasteiger partial charge in [0.05, 0.1) is 35.7 Å². The molecule has 30 heteroatoms. The van der Waals surface area contributed by atoms with Crippen molar-refractivity contribution < 1.29 is 79.4 Å². The van der Waals surface area contributed by atoms with Gasteiger partial charge < -0.3 is 50.5 Å². The van der Waals surface area contributed by atoms with Crippen LogP contribution < -0.4 is 32.7 Å². The largest absolute Gasteiger partial charge is 0.465 e. The zero-order valence-electron chi connectivity index (χ0n) is 49.7. The van der Waals surface area contributed by atoms with Crippen molar-refractivity contribution in [3.8, 4) is 0 Å². The Hall–Kier alpha value is -8.01. The summed E-state index contributed by atoms with van der Waals surface area (Å²) in [4.78, 5) is 139. The van der Waals surface area contributed by atoms with Crippen molar-refractivity contribution >= 4 is 93.4 Å². The minimum absolute atomic E-state index is 0.0109. The minimum Gasteiger partial charge on any atom is -0.465 e. The van der Waals surface area contributed by atoms with Gasteiger partial charge in [-0.05, 0) is 143 Å². The van der Waals surface area contributed by atoms with Crippen LogP contribution in [-0.2, 0) is 72.7 Å². The van der Waals surface area contributed by atoms with Crippen LogP contribution >= 0.6 is 18.9 Å². The molecule has 3 aromatic carbocycles. The molecule has 484 valence electrons. The summed E-state index contributed by atoms with van der Waals surface area (Å²) in [6.07, 6.45) is 1.45. The van der Waals surface area contributed by atoms with Gasteiger partial charge in [-0.25, -0.2) is 18.4 Å². The molecule has 2 aromatic heterocycles. The summed E-state index contributed by atoms with van der Waals surface area (Å²) in [5, 5.41) is 20.5. The molecule has 90 heavy (non-hydrogen) atoms. The summed E-state index contributed by atoms with van der Waals surface area (Å²) in [6.45, 7) is 1.97. The van der Waals surface area contributed by atoms with Gasteiger partial charge in [-0.3, -0.25) is 57.4 Å². The number of carboxylic acid groups (broad SMARTS) is 1. The van der Waals surface area contributed by atoms with Crippen molar-refractivity contribution in [3.05, 3.63) is 104 Å². The van der Waals surface area contributed by atoms with Gasteiger partial charge in [0.25, 0.3) is 5.91 Å². The number of benzene rings is 3. The van der Waals surface area contributed by atoms with E-state index in [0.717, 1.165) is 58.9 Å². The van der Waals surface area contributed by atoms with Gasteiger partial charge in [0.15, 0.2) is 11.6 Å². The lowest BCUT2D eigenvalue weighted by Gasteiger charge is -2.38. The van der Waals surface area contributed by atoms with Crippen LogP contribution in [0.5, 0.6) is 0 Å². The Morgan fingerprint density at radius 1 is 0.833 bits per heavy atom. The Balaban J connectivity index is 0.867. The number of imide groups is 1. The molecule has 9 amide bonds. The highest BCUT2D eigenvalue weighted by Crippen LogP contribution is 2.67. The van der Waals surface area contributed by atoms with E-state index in [9.17, 15) is 66.4 Å². The number of halogens is 4. The number of nitrogens with one attached hydrogen (secondary N) is 4. The lowest BCUT2D eigenvalue weighted by molar-refractivity contribution is -0.144. The normalized spacial score (nSPS) is 20.1. The van der Waals surface area contributed by atoms with Crippen LogP contribution in [0.1, 0.15) is 117 Å². The van der Waals surface area contributed by atoms with E-state index in [1.807, 2.05) is 12.1 Å². The van der Waals surface area contributed by atoms with Gasteiger partial charge in [0, 0.05) is 62.2 Å². The maximum atomic E-state index is 15.8. The molecular formula is C60H71F4N10O14PS. The first-order valence-corrected chi connectivity index (χ1v) is 32.2. The van der Waals surface area contributed by atoms with Crippen LogP contribution in [0, 0.1) is 17.6 Å². The molecule has 7 N–H and O–H groups in total. The Kier molecular flexibility index (Phi) is 20.7. The predicted octanol–water partition coefficient (Wildman–Crippen LogP) is 5.71. The number of rotatable bonds is 23. The van der Waals surface area contributed by atoms with E-state index in [1.165, 1.54) is 46.1 Å². The first-order chi connectivity index (χ1) is 42.8. The molecule has 0 aliphatic carbocycles. The molecule has 4 fully saturated rings. The van der Waals surface area contributed by atoms with Crippen molar-refractivity contribution in [2.75, 3.05) is 39.4 Å². The van der Waals surface area contributed by atoms with Crippen molar-refractivity contribution in [1.82, 2.24) is 45.1 Å². The summed E-state index contributed by atoms with van der Waals surface area (Å²) >= 11 is 0.867. The molecule has 6 heterocycles. The van der Waals surface area contributed by atoms with Crippen molar-refractivity contribution in [3.63, 3.8) is 0 Å². The maximum Gasteiger partial charge on any atom is 0.407 e. The van der Waals surface area contributed by atoms with Crippen molar-refractivity contribution in [2.45, 2.75) is 139 Å². The van der Waals surface area contributed by atoms with E-state index >= 15 is 8.78 Å². The van der Waals surface area contributed by atoms with E-state index in [0.29, 0.717) is 35.0 Å². The quantitative estimate of drug-likeness (QED) is 0.0259. The number of imidazole rings is 1. The topological polar surface area (TPSA) is 320 Å². The first-order valence-electron chi connectivity index (χ1n) is 29.9. The van der Waals surface area contributed by atoms with Crippen LogP contribution in [0.2, 0.25) is 0 Å². The number of piperidine rings is 2. The number of fused-ring (bicyclic) bond motifs is 3. The number of likely N-dealkylation sites (tertiary alicyclic amines) is 1. The average molecular weight is 1300 g/mol. The Morgan fingerprint density at radius 3 is 2.22 bits per heavy atom. The monoisotopic (exact) mass is 1290 g/mol. The van der Waals surface area contributed by atoms with E-state index in [-0.39, 0.29) is 111 Å². The number of hydrogen-bond acceptors (Lipinski definition) is 14. The molecule has 9 rings (SSSR count). The Bertz CT molecular complexity index is 3730. The smallest absolute Gasteiger partial charge is 0.407 e. The van der Waals surface area contributed by atoms with Gasteiger partial charge in [-0.1, -0.05) is 18.2 Å². The molecule has 0 spiro atoms. The molecular weight excluding hydrogens is 1220 g/mol. The highest BCUT2D eigenvalue weighted by atomic mass is 32.1. The first kappa shape index (κ1) is 66.4. The third kappa shape index (κ3) is 14.4. The number of aromatic nitrogens is 2. The fourth-order valence-electron chi connectivity index (χ4n) is 12.4. The zero-order chi connectivity index (χ0) is 64.9. The number of carbonyl (C=O) groups is 9. The molecule has 0 bridgehead atoms. The molecule has 4 saturated heterocycles. The Morgan fingerprint density at radius 2 is 1.54 bits per heavy atom. The van der Waals surface area contributed by atoms with Crippen molar-refractivity contribution in [2.24, 2.45) is 18.7 Å². The number of thiophene rings is 1. The number of aryl methyl sites for hydroxylation is 2. The third-order valence-electron chi connectivity index (χ3n) is 17.1. The lowest BCUT2D eigenvalue weighted by Crippen LogP contribution is -2.62. The number of amides is 9. The summed E-state index contributed by atoms with van der Waals surface area (Å²) in [5.41, 5.74) is 2.68. The average Bonchev–Trinajstić information content (AvgIpc) is 1.50. The second-order valence-electron chi connectivity index (χ2n) is 23.0. The van der Waals surface area contributed by atoms with E-state index in [2.05, 4.69) is 21.3 Å². The van der Waals surface area contributed by atoms with Gasteiger partial charge in [-0.2, -0.15) is 8.78 Å². The molecule has 24 nitrogen and oxygen atoms in total. The van der Waals surface area contributed by atoms with Crippen LogP contribution in [0.25, 0.3) is 21.1 Å². The number of hydrogen-bond donors (Lipinski definition) is 6. The van der Waals surface area contributed by atoms with Crippen LogP contribution in [0.4, 0.5) is 22.4 Å². The predicted molar refractivity (Wildman–Crippen MR) is 319 cm³/mol. The summed E-state index contributed by atoms with van der Waals surface area (Å²) < 4.78 is 86.6. The second kappa shape index (κ2) is 28.0. The summed E-state index contributed by atoms with van der Waals surface area (Å²) in [6, 6.07) is 5.81. The second-order valence-corrected chi connectivity index (χ2v) is 26.2. The van der Waals surface area contributed by atoms with E-state index in [1.54, 1.807) is 18.0 Å². The van der Waals surface area contributed by atoms with Crippen LogP contribution in [0.3, 0.4) is 0 Å². The fourth-order valence-corrected chi connectivity index (χ4v) is 14.9. The van der Waals surface area contributed by atoms with Gasteiger partial charge >= 0.3 is 25.0 Å². The molecule has 0 radical (unpaired) electrons. The highest BCUT2D eigenvalue weighted by molar-refractivity contribution is 7.54. The number of primary amides is 1. The molecule has 3 unspecified atom stereocenters. The van der Waals surface area contributed by atoms with Gasteiger partial charge in [0.2, 0.25) is 41.4 Å². The molecule has 0 saturated carbocycles. The van der Waals surface area contributed by atoms with Crippen molar-refractivity contribution in [1.29, 1.82) is 0 Å². The number of nitrogens with two attached hydrogens (primary N) is 1. The fraction of sp³-hybridized carbons (Fsp3) is 0.500. The number of carbonyl (C=O) groups excluding carboxylic acids is 8.